The van der Waals surface area contributed by atoms with Crippen LogP contribution in [0.15, 0.2) is 41.5 Å². The fraction of sp³-hybridized carbons (Fsp3) is 0.478. The van der Waals surface area contributed by atoms with E-state index < -0.39 is 0 Å². The summed E-state index contributed by atoms with van der Waals surface area (Å²) in [4.78, 5) is 17.4. The van der Waals surface area contributed by atoms with Gasteiger partial charge < -0.3 is 9.64 Å². The van der Waals surface area contributed by atoms with Crippen LogP contribution in [-0.2, 0) is 11.2 Å². The molecule has 0 atom stereocenters. The molecule has 3 rings (SSSR count). The van der Waals surface area contributed by atoms with Crippen molar-refractivity contribution in [3.8, 4) is 5.75 Å². The summed E-state index contributed by atoms with van der Waals surface area (Å²) in [5, 5.41) is 6.16. The number of hydrogen-bond donors (Lipinski definition) is 0. The molecule has 5 nitrogen and oxygen atoms in total. The second-order valence-corrected chi connectivity index (χ2v) is 8.56. The van der Waals surface area contributed by atoms with Gasteiger partial charge in [-0.25, -0.2) is 5.01 Å². The Morgan fingerprint density at radius 3 is 2.59 bits per heavy atom. The van der Waals surface area contributed by atoms with Crippen LogP contribution in [0, 0.1) is 6.92 Å². The maximum Gasteiger partial charge on any atom is 0.247 e. The van der Waals surface area contributed by atoms with Gasteiger partial charge in [0, 0.05) is 17.8 Å². The third kappa shape index (κ3) is 6.15. The van der Waals surface area contributed by atoms with Crippen molar-refractivity contribution in [3.63, 3.8) is 0 Å². The zero-order valence-corrected chi connectivity index (χ0v) is 18.5. The molecule has 0 saturated heterocycles. The van der Waals surface area contributed by atoms with Crippen molar-refractivity contribution in [1.82, 2.24) is 9.91 Å². The average molecular weight is 414 g/mol. The molecule has 0 radical (unpaired) electrons. The average Bonchev–Trinajstić information content (AvgIpc) is 3.38. The summed E-state index contributed by atoms with van der Waals surface area (Å²) in [5.74, 6) is 0.899. The number of carbonyl (C=O) groups excluding carboxylic acids is 1. The molecule has 1 aliphatic heterocycles. The van der Waals surface area contributed by atoms with E-state index in [-0.39, 0.29) is 5.91 Å². The zero-order chi connectivity index (χ0) is 20.6. The lowest BCUT2D eigenvalue weighted by atomic mass is 10.1. The highest BCUT2D eigenvalue weighted by molar-refractivity contribution is 7.14. The Kier molecular flexibility index (Phi) is 7.83. The Bertz CT molecular complexity index is 825. The summed E-state index contributed by atoms with van der Waals surface area (Å²) in [6, 6.07) is 12.0. The van der Waals surface area contributed by atoms with Gasteiger partial charge in [-0.15, -0.1) is 11.3 Å². The SMILES string of the molecule is CCN(CC)CCCOc1ccc(CC(=O)N2CCC(c3ccc(C)s3)=N2)cc1. The topological polar surface area (TPSA) is 45.1 Å². The smallest absolute Gasteiger partial charge is 0.247 e. The summed E-state index contributed by atoms with van der Waals surface area (Å²) in [7, 11) is 0. The molecule has 2 heterocycles. The van der Waals surface area contributed by atoms with E-state index in [1.807, 2.05) is 24.3 Å². The van der Waals surface area contributed by atoms with Gasteiger partial charge in [-0.3, -0.25) is 4.79 Å². The number of amides is 1. The molecule has 0 unspecified atom stereocenters. The Morgan fingerprint density at radius 1 is 1.17 bits per heavy atom. The predicted molar refractivity (Wildman–Crippen MR) is 120 cm³/mol. The van der Waals surface area contributed by atoms with Crippen molar-refractivity contribution >= 4 is 23.0 Å². The first-order valence-corrected chi connectivity index (χ1v) is 11.3. The van der Waals surface area contributed by atoms with Gasteiger partial charge in [-0.2, -0.15) is 5.10 Å². The number of thiophene rings is 1. The van der Waals surface area contributed by atoms with E-state index in [0.717, 1.165) is 49.5 Å². The zero-order valence-electron chi connectivity index (χ0n) is 17.7. The fourth-order valence-corrected chi connectivity index (χ4v) is 4.27. The Balaban J connectivity index is 1.46. The maximum atomic E-state index is 12.6. The van der Waals surface area contributed by atoms with E-state index in [2.05, 4.69) is 42.9 Å². The van der Waals surface area contributed by atoms with Crippen molar-refractivity contribution < 1.29 is 9.53 Å². The summed E-state index contributed by atoms with van der Waals surface area (Å²) in [6.45, 7) is 11.0. The molecule has 0 bridgehead atoms. The monoisotopic (exact) mass is 413 g/mol. The molecule has 6 heteroatoms. The number of aryl methyl sites for hydroxylation is 1. The number of hydrazone groups is 1. The van der Waals surface area contributed by atoms with Crippen LogP contribution in [0.4, 0.5) is 0 Å². The number of rotatable bonds is 10. The third-order valence-electron chi connectivity index (χ3n) is 5.18. The first-order chi connectivity index (χ1) is 14.1. The molecule has 1 aromatic heterocycles. The Hall–Kier alpha value is -2.18. The number of benzene rings is 1. The molecule has 0 aliphatic carbocycles. The van der Waals surface area contributed by atoms with E-state index in [1.165, 1.54) is 9.75 Å². The van der Waals surface area contributed by atoms with Crippen LogP contribution in [0.1, 0.15) is 42.0 Å². The molecule has 0 saturated carbocycles. The molecular weight excluding hydrogens is 382 g/mol. The van der Waals surface area contributed by atoms with E-state index in [9.17, 15) is 4.79 Å². The largest absolute Gasteiger partial charge is 0.494 e. The van der Waals surface area contributed by atoms with Crippen molar-refractivity contribution in [2.75, 3.05) is 32.8 Å². The van der Waals surface area contributed by atoms with E-state index in [4.69, 9.17) is 4.74 Å². The second-order valence-electron chi connectivity index (χ2n) is 7.27. The first-order valence-electron chi connectivity index (χ1n) is 10.5. The van der Waals surface area contributed by atoms with Crippen molar-refractivity contribution in [1.29, 1.82) is 0 Å². The van der Waals surface area contributed by atoms with Crippen molar-refractivity contribution in [2.45, 2.75) is 40.0 Å². The normalized spacial score (nSPS) is 13.8. The molecule has 1 aliphatic rings. The molecule has 0 N–H and O–H groups in total. The quantitative estimate of drug-likeness (QED) is 0.544. The Morgan fingerprint density at radius 2 is 1.93 bits per heavy atom. The van der Waals surface area contributed by atoms with Gasteiger partial charge in [0.15, 0.2) is 0 Å². The Labute approximate surface area is 178 Å². The van der Waals surface area contributed by atoms with Gasteiger partial charge in [0.2, 0.25) is 5.91 Å². The highest BCUT2D eigenvalue weighted by Gasteiger charge is 2.22. The van der Waals surface area contributed by atoms with Gasteiger partial charge in [0.25, 0.3) is 0 Å². The first kappa shape index (κ1) is 21.5. The van der Waals surface area contributed by atoms with Crippen LogP contribution in [0.3, 0.4) is 0 Å². The third-order valence-corrected chi connectivity index (χ3v) is 6.22. The van der Waals surface area contributed by atoms with Crippen LogP contribution < -0.4 is 4.74 Å². The molecular formula is C23H31N3O2S. The predicted octanol–water partition coefficient (Wildman–Crippen LogP) is 4.35. The van der Waals surface area contributed by atoms with Crippen LogP contribution >= 0.6 is 11.3 Å². The van der Waals surface area contributed by atoms with Gasteiger partial charge in [-0.1, -0.05) is 26.0 Å². The van der Waals surface area contributed by atoms with Crippen molar-refractivity contribution in [2.24, 2.45) is 5.10 Å². The highest BCUT2D eigenvalue weighted by Crippen LogP contribution is 2.22. The second kappa shape index (κ2) is 10.6. The summed E-state index contributed by atoms with van der Waals surface area (Å²) in [5.41, 5.74) is 2.01. The van der Waals surface area contributed by atoms with Crippen LogP contribution in [0.2, 0.25) is 0 Å². The lowest BCUT2D eigenvalue weighted by Crippen LogP contribution is -2.25. The van der Waals surface area contributed by atoms with Crippen LogP contribution in [0.5, 0.6) is 5.75 Å². The summed E-state index contributed by atoms with van der Waals surface area (Å²) in [6.07, 6.45) is 2.20. The van der Waals surface area contributed by atoms with E-state index in [1.54, 1.807) is 16.3 Å². The van der Waals surface area contributed by atoms with Crippen LogP contribution in [0.25, 0.3) is 0 Å². The van der Waals surface area contributed by atoms with E-state index in [0.29, 0.717) is 19.6 Å². The van der Waals surface area contributed by atoms with Gasteiger partial charge >= 0.3 is 0 Å². The lowest BCUT2D eigenvalue weighted by Gasteiger charge is -2.17. The minimum atomic E-state index is 0.0427. The molecule has 0 fully saturated rings. The van der Waals surface area contributed by atoms with Crippen molar-refractivity contribution in [3.05, 3.63) is 51.7 Å². The number of hydrogen-bond acceptors (Lipinski definition) is 5. The number of nitrogens with zero attached hydrogens (tertiary/aromatic N) is 3. The van der Waals surface area contributed by atoms with Crippen LogP contribution in [-0.4, -0.2) is 54.3 Å². The van der Waals surface area contributed by atoms with E-state index >= 15 is 0 Å². The standard InChI is InChI=1S/C23H31N3O2S/c1-4-25(5-2)14-6-16-28-20-10-8-19(9-11-20)17-23(27)26-15-13-21(24-26)22-12-7-18(3)29-22/h7-12H,4-6,13-17H2,1-3H3. The number of carbonyl (C=O) groups is 1. The van der Waals surface area contributed by atoms with Gasteiger partial charge in [0.1, 0.15) is 5.75 Å². The van der Waals surface area contributed by atoms with Gasteiger partial charge in [0.05, 0.1) is 30.2 Å². The lowest BCUT2D eigenvalue weighted by molar-refractivity contribution is -0.130. The van der Waals surface area contributed by atoms with Gasteiger partial charge in [-0.05, 0) is 56.3 Å². The fourth-order valence-electron chi connectivity index (χ4n) is 3.39. The molecule has 156 valence electrons. The molecule has 29 heavy (non-hydrogen) atoms. The summed E-state index contributed by atoms with van der Waals surface area (Å²) >= 11 is 1.73. The molecule has 0 spiro atoms. The summed E-state index contributed by atoms with van der Waals surface area (Å²) < 4.78 is 5.83. The molecule has 1 aromatic carbocycles. The minimum absolute atomic E-state index is 0.0427. The molecule has 2 aromatic rings. The highest BCUT2D eigenvalue weighted by atomic mass is 32.1. The maximum absolute atomic E-state index is 12.6. The minimum Gasteiger partial charge on any atom is -0.494 e. The number of ether oxygens (including phenoxy) is 1. The molecule has 1 amide bonds.